The van der Waals surface area contributed by atoms with Crippen LogP contribution in [0.3, 0.4) is 0 Å². The SMILES string of the molecule is C=Nc1cc(OCCCCCC)c(OC)cc1C(=O)N1CCc2ccccc21. The summed E-state index contributed by atoms with van der Waals surface area (Å²) in [5.41, 5.74) is 3.13. The van der Waals surface area contributed by atoms with Gasteiger partial charge in [-0.3, -0.25) is 9.79 Å². The molecule has 0 atom stereocenters. The lowest BCUT2D eigenvalue weighted by Gasteiger charge is -2.20. The van der Waals surface area contributed by atoms with Gasteiger partial charge >= 0.3 is 0 Å². The van der Waals surface area contributed by atoms with Crippen LogP contribution >= 0.6 is 0 Å². The topological polar surface area (TPSA) is 51.1 Å². The normalized spacial score (nSPS) is 12.6. The highest BCUT2D eigenvalue weighted by atomic mass is 16.5. The number of fused-ring (bicyclic) bond motifs is 1. The summed E-state index contributed by atoms with van der Waals surface area (Å²) in [6.07, 6.45) is 5.36. The number of rotatable bonds is 9. The zero-order valence-electron chi connectivity index (χ0n) is 16.7. The highest BCUT2D eigenvalue weighted by molar-refractivity contribution is 6.10. The first kappa shape index (κ1) is 19.9. The van der Waals surface area contributed by atoms with Crippen LogP contribution in [0.4, 0.5) is 11.4 Å². The van der Waals surface area contributed by atoms with Crippen LogP contribution in [0.1, 0.15) is 48.5 Å². The zero-order chi connectivity index (χ0) is 19.9. The Bertz CT molecular complexity index is 848. The van der Waals surface area contributed by atoms with Gasteiger partial charge in [0, 0.05) is 18.3 Å². The Morgan fingerprint density at radius 3 is 2.75 bits per heavy atom. The van der Waals surface area contributed by atoms with Crippen molar-refractivity contribution in [3.05, 3.63) is 47.5 Å². The van der Waals surface area contributed by atoms with Crippen molar-refractivity contribution >= 4 is 24.0 Å². The summed E-state index contributed by atoms with van der Waals surface area (Å²) in [6.45, 7) is 7.10. The summed E-state index contributed by atoms with van der Waals surface area (Å²) in [6, 6.07) is 11.5. The van der Waals surface area contributed by atoms with Crippen molar-refractivity contribution in [2.45, 2.75) is 39.0 Å². The van der Waals surface area contributed by atoms with Gasteiger partial charge in [-0.05, 0) is 37.3 Å². The van der Waals surface area contributed by atoms with Gasteiger partial charge in [-0.25, -0.2) is 0 Å². The third-order valence-electron chi connectivity index (χ3n) is 5.07. The van der Waals surface area contributed by atoms with Crippen molar-refractivity contribution in [2.75, 3.05) is 25.2 Å². The van der Waals surface area contributed by atoms with Crippen molar-refractivity contribution in [1.82, 2.24) is 0 Å². The van der Waals surface area contributed by atoms with Gasteiger partial charge in [0.05, 0.1) is 25.0 Å². The number of hydrogen-bond acceptors (Lipinski definition) is 4. The number of nitrogens with zero attached hydrogens (tertiary/aromatic N) is 2. The van der Waals surface area contributed by atoms with E-state index in [0.717, 1.165) is 24.9 Å². The van der Waals surface area contributed by atoms with E-state index >= 15 is 0 Å². The molecule has 2 aromatic rings. The number of unbranched alkanes of at least 4 members (excludes halogenated alkanes) is 3. The monoisotopic (exact) mass is 380 g/mol. The van der Waals surface area contributed by atoms with Gasteiger partial charge in [-0.1, -0.05) is 44.4 Å². The molecule has 0 saturated carbocycles. The quantitative estimate of drug-likeness (QED) is 0.444. The average molecular weight is 380 g/mol. The van der Waals surface area contributed by atoms with E-state index < -0.39 is 0 Å². The Hall–Kier alpha value is -2.82. The molecule has 2 aromatic carbocycles. The molecule has 5 heteroatoms. The largest absolute Gasteiger partial charge is 0.493 e. The van der Waals surface area contributed by atoms with Crippen LogP contribution in [0.2, 0.25) is 0 Å². The minimum absolute atomic E-state index is 0.0971. The van der Waals surface area contributed by atoms with E-state index in [2.05, 4.69) is 24.7 Å². The maximum Gasteiger partial charge on any atom is 0.260 e. The van der Waals surface area contributed by atoms with E-state index in [4.69, 9.17) is 9.47 Å². The van der Waals surface area contributed by atoms with Crippen LogP contribution in [0.15, 0.2) is 41.4 Å². The summed E-state index contributed by atoms with van der Waals surface area (Å²) in [7, 11) is 1.58. The number of hydrogen-bond donors (Lipinski definition) is 0. The van der Waals surface area contributed by atoms with E-state index in [9.17, 15) is 4.79 Å². The van der Waals surface area contributed by atoms with E-state index in [1.54, 1.807) is 24.1 Å². The van der Waals surface area contributed by atoms with Gasteiger partial charge in [0.2, 0.25) is 0 Å². The van der Waals surface area contributed by atoms with Gasteiger partial charge in [-0.15, -0.1) is 0 Å². The molecule has 0 saturated heterocycles. The fraction of sp³-hybridized carbons (Fsp3) is 0.391. The third-order valence-corrected chi connectivity index (χ3v) is 5.07. The highest BCUT2D eigenvalue weighted by Crippen LogP contribution is 2.37. The Morgan fingerprint density at radius 1 is 1.18 bits per heavy atom. The minimum atomic E-state index is -0.0971. The number of ether oxygens (including phenoxy) is 2. The lowest BCUT2D eigenvalue weighted by molar-refractivity contribution is 0.0989. The summed E-state index contributed by atoms with van der Waals surface area (Å²) >= 11 is 0. The molecule has 0 aliphatic carbocycles. The molecule has 1 heterocycles. The van der Waals surface area contributed by atoms with E-state index in [1.165, 1.54) is 18.4 Å². The van der Waals surface area contributed by atoms with Crippen LogP contribution in [0.5, 0.6) is 11.5 Å². The number of anilines is 1. The number of methoxy groups -OCH3 is 1. The van der Waals surface area contributed by atoms with Gasteiger partial charge < -0.3 is 14.4 Å². The van der Waals surface area contributed by atoms with Crippen molar-refractivity contribution in [1.29, 1.82) is 0 Å². The van der Waals surface area contributed by atoms with Crippen molar-refractivity contribution < 1.29 is 14.3 Å². The van der Waals surface area contributed by atoms with Crippen molar-refractivity contribution in [3.8, 4) is 11.5 Å². The van der Waals surface area contributed by atoms with Gasteiger partial charge in [0.25, 0.3) is 5.91 Å². The molecule has 0 spiro atoms. The number of amides is 1. The molecule has 28 heavy (non-hydrogen) atoms. The molecule has 148 valence electrons. The van der Waals surface area contributed by atoms with Gasteiger partial charge in [-0.2, -0.15) is 0 Å². The molecular weight excluding hydrogens is 352 g/mol. The first-order valence-electron chi connectivity index (χ1n) is 9.91. The third kappa shape index (κ3) is 4.19. The fourth-order valence-electron chi connectivity index (χ4n) is 3.53. The predicted molar refractivity (Wildman–Crippen MR) is 114 cm³/mol. The second-order valence-corrected chi connectivity index (χ2v) is 6.92. The summed E-state index contributed by atoms with van der Waals surface area (Å²) in [5.74, 6) is 1.04. The van der Waals surface area contributed by atoms with Crippen LogP contribution in [0, 0.1) is 0 Å². The molecule has 1 aliphatic heterocycles. The summed E-state index contributed by atoms with van der Waals surface area (Å²) < 4.78 is 11.4. The van der Waals surface area contributed by atoms with Crippen LogP contribution in [0.25, 0.3) is 0 Å². The number of aliphatic imine (C=N–C) groups is 1. The average Bonchev–Trinajstić information content (AvgIpc) is 3.16. The van der Waals surface area contributed by atoms with Crippen LogP contribution in [-0.4, -0.2) is 32.9 Å². The molecule has 3 rings (SSSR count). The maximum absolute atomic E-state index is 13.2. The summed E-state index contributed by atoms with van der Waals surface area (Å²) in [4.78, 5) is 19.1. The molecule has 1 amide bonds. The molecule has 1 aliphatic rings. The number of para-hydroxylation sites is 1. The molecule has 0 unspecified atom stereocenters. The first-order chi connectivity index (χ1) is 13.7. The summed E-state index contributed by atoms with van der Waals surface area (Å²) in [5, 5.41) is 0. The number of benzene rings is 2. The molecule has 0 fully saturated rings. The maximum atomic E-state index is 13.2. The lowest BCUT2D eigenvalue weighted by Crippen LogP contribution is -2.29. The molecular formula is C23H28N2O3. The van der Waals surface area contributed by atoms with E-state index in [-0.39, 0.29) is 5.91 Å². The van der Waals surface area contributed by atoms with Gasteiger partial charge in [0.15, 0.2) is 11.5 Å². The highest BCUT2D eigenvalue weighted by Gasteiger charge is 2.28. The number of carbonyl (C=O) groups excluding carboxylic acids is 1. The van der Waals surface area contributed by atoms with Crippen LogP contribution in [-0.2, 0) is 6.42 Å². The molecule has 0 radical (unpaired) electrons. The van der Waals surface area contributed by atoms with E-state index in [1.807, 2.05) is 18.2 Å². The Morgan fingerprint density at radius 2 is 2.00 bits per heavy atom. The molecule has 5 nitrogen and oxygen atoms in total. The second-order valence-electron chi connectivity index (χ2n) is 6.92. The van der Waals surface area contributed by atoms with E-state index in [0.29, 0.717) is 35.9 Å². The number of carbonyl (C=O) groups is 1. The first-order valence-corrected chi connectivity index (χ1v) is 9.91. The standard InChI is InChI=1S/C23H28N2O3/c1-4-5-6-9-14-28-22-16-19(24-2)18(15-21(22)27-3)23(26)25-13-12-17-10-7-8-11-20(17)25/h7-8,10-11,15-16H,2,4-6,9,12-14H2,1,3H3. The Labute approximate surface area is 167 Å². The van der Waals surface area contributed by atoms with Crippen molar-refractivity contribution in [3.63, 3.8) is 0 Å². The Balaban J connectivity index is 1.83. The lowest BCUT2D eigenvalue weighted by atomic mass is 10.1. The molecule has 0 N–H and O–H groups in total. The Kier molecular flexibility index (Phi) is 6.69. The van der Waals surface area contributed by atoms with Gasteiger partial charge in [0.1, 0.15) is 0 Å². The second kappa shape index (κ2) is 9.40. The molecule has 0 aromatic heterocycles. The smallest absolute Gasteiger partial charge is 0.260 e. The fourth-order valence-corrected chi connectivity index (χ4v) is 3.53. The minimum Gasteiger partial charge on any atom is -0.493 e. The van der Waals surface area contributed by atoms with Crippen molar-refractivity contribution in [2.24, 2.45) is 4.99 Å². The molecule has 0 bridgehead atoms. The van der Waals surface area contributed by atoms with Crippen LogP contribution < -0.4 is 14.4 Å². The predicted octanol–water partition coefficient (Wildman–Crippen LogP) is 5.19. The zero-order valence-corrected chi connectivity index (χ0v) is 16.7.